The van der Waals surface area contributed by atoms with E-state index in [9.17, 15) is 35.1 Å². The van der Waals surface area contributed by atoms with Crippen LogP contribution in [0, 0.1) is 48.1 Å². The van der Waals surface area contributed by atoms with E-state index in [1.807, 2.05) is 0 Å². The maximum atomic E-state index is 12.2. The van der Waals surface area contributed by atoms with Gasteiger partial charge in [0.2, 0.25) is 0 Å². The van der Waals surface area contributed by atoms with Crippen molar-refractivity contribution < 1.29 is 39.4 Å². The maximum absolute atomic E-state index is 12.2. The average molecular weight is 452 g/mol. The van der Waals surface area contributed by atoms with Gasteiger partial charge in [0.15, 0.2) is 0 Å². The maximum Gasteiger partial charge on any atom is 0.324 e. The summed E-state index contributed by atoms with van der Waals surface area (Å²) >= 11 is 0. The SMILES string of the molecule is CCC(=O)ON1C(C)(C)C(CO[N+](=O)[O-])CC(CO[N+](=O)[O-])C(CO[N+](=O)[O-])C1(C)C. The first-order valence-electron chi connectivity index (χ1n) is 9.56. The lowest BCUT2D eigenvalue weighted by Crippen LogP contribution is -2.61. The van der Waals surface area contributed by atoms with Crippen molar-refractivity contribution >= 4 is 5.97 Å². The van der Waals surface area contributed by atoms with E-state index in [-0.39, 0.29) is 12.8 Å². The third-order valence-electron chi connectivity index (χ3n) is 5.73. The van der Waals surface area contributed by atoms with Crippen molar-refractivity contribution in [3.05, 3.63) is 30.3 Å². The van der Waals surface area contributed by atoms with Crippen LogP contribution in [0.15, 0.2) is 0 Å². The van der Waals surface area contributed by atoms with E-state index in [1.54, 1.807) is 34.6 Å². The molecule has 0 amide bonds. The molecule has 3 unspecified atom stereocenters. The molecule has 1 aliphatic rings. The molecular weight excluding hydrogens is 424 g/mol. The van der Waals surface area contributed by atoms with Gasteiger partial charge < -0.3 is 19.4 Å². The minimum absolute atomic E-state index is 0.0304. The summed E-state index contributed by atoms with van der Waals surface area (Å²) in [6.45, 7) is 6.90. The molecule has 0 spiro atoms. The van der Waals surface area contributed by atoms with Gasteiger partial charge >= 0.3 is 5.97 Å². The van der Waals surface area contributed by atoms with Crippen molar-refractivity contribution in [1.29, 1.82) is 0 Å². The van der Waals surface area contributed by atoms with Crippen LogP contribution in [0.3, 0.4) is 0 Å². The highest BCUT2D eigenvalue weighted by molar-refractivity contribution is 5.68. The highest BCUT2D eigenvalue weighted by Crippen LogP contribution is 2.46. The smallest absolute Gasteiger partial charge is 0.324 e. The van der Waals surface area contributed by atoms with Gasteiger partial charge in [0.05, 0.1) is 17.7 Å². The molecule has 3 atom stereocenters. The van der Waals surface area contributed by atoms with E-state index >= 15 is 0 Å². The molecule has 0 aromatic rings. The normalized spacial score (nSPS) is 25.0. The van der Waals surface area contributed by atoms with E-state index in [0.717, 1.165) is 0 Å². The van der Waals surface area contributed by atoms with Crippen LogP contribution in [-0.2, 0) is 24.1 Å². The molecule has 0 saturated carbocycles. The van der Waals surface area contributed by atoms with Gasteiger partial charge in [-0.2, -0.15) is 0 Å². The van der Waals surface area contributed by atoms with Crippen LogP contribution in [0.5, 0.6) is 0 Å². The van der Waals surface area contributed by atoms with Gasteiger partial charge in [-0.15, -0.1) is 35.4 Å². The fraction of sp³-hybridized carbons (Fsp3) is 0.938. The van der Waals surface area contributed by atoms with Gasteiger partial charge in [-0.25, -0.2) is 0 Å². The third kappa shape index (κ3) is 6.77. The second-order valence-electron chi connectivity index (χ2n) is 8.28. The van der Waals surface area contributed by atoms with Crippen molar-refractivity contribution in [2.75, 3.05) is 19.8 Å². The summed E-state index contributed by atoms with van der Waals surface area (Å²) < 4.78 is 0. The van der Waals surface area contributed by atoms with Crippen LogP contribution in [0.25, 0.3) is 0 Å². The molecule has 0 N–H and O–H groups in total. The van der Waals surface area contributed by atoms with Crippen molar-refractivity contribution in [2.45, 2.75) is 58.5 Å². The largest absolute Gasteiger partial charge is 0.367 e. The van der Waals surface area contributed by atoms with E-state index in [0.29, 0.717) is 0 Å². The molecule has 1 fully saturated rings. The number of carbonyl (C=O) groups excluding carboxylic acids is 1. The number of hydroxylamine groups is 2. The van der Waals surface area contributed by atoms with Crippen molar-refractivity contribution in [2.24, 2.45) is 17.8 Å². The van der Waals surface area contributed by atoms with E-state index in [4.69, 9.17) is 4.84 Å². The molecule has 15 heteroatoms. The predicted octanol–water partition coefficient (Wildman–Crippen LogP) is 1.59. The first-order valence-corrected chi connectivity index (χ1v) is 9.56. The second kappa shape index (κ2) is 10.4. The fourth-order valence-electron chi connectivity index (χ4n) is 4.10. The lowest BCUT2D eigenvalue weighted by atomic mass is 9.76. The molecule has 0 aromatic heterocycles. The highest BCUT2D eigenvalue weighted by Gasteiger charge is 2.55. The van der Waals surface area contributed by atoms with Gasteiger partial charge in [0.25, 0.3) is 15.3 Å². The van der Waals surface area contributed by atoms with Gasteiger partial charge in [-0.3, -0.25) is 4.79 Å². The Balaban J connectivity index is 3.49. The summed E-state index contributed by atoms with van der Waals surface area (Å²) in [5, 5.41) is 30.8. The van der Waals surface area contributed by atoms with Crippen molar-refractivity contribution in [1.82, 2.24) is 5.06 Å². The molecule has 0 radical (unpaired) electrons. The van der Waals surface area contributed by atoms with E-state index in [2.05, 4.69) is 14.5 Å². The molecule has 1 aliphatic heterocycles. The standard InChI is InChI=1S/C16H28N4O11/c1-6-14(21)31-17-15(2,3)12(9-29-19(24)25)7-11(8-28-18(22)23)13(16(17,4)5)10-30-20(26)27/h11-13H,6-10H2,1-5H3. The first-order chi connectivity index (χ1) is 14.2. The molecular formula is C16H28N4O11. The number of nitrogens with zero attached hydrogens (tertiary/aromatic N) is 4. The number of hydrogen-bond acceptors (Lipinski definition) is 12. The zero-order valence-corrected chi connectivity index (χ0v) is 18.0. The van der Waals surface area contributed by atoms with Gasteiger partial charge in [-0.1, -0.05) is 6.92 Å². The molecule has 1 saturated heterocycles. The Morgan fingerprint density at radius 1 is 0.903 bits per heavy atom. The number of carbonyl (C=O) groups is 1. The van der Waals surface area contributed by atoms with Crippen LogP contribution in [-0.4, -0.2) is 57.2 Å². The van der Waals surface area contributed by atoms with Gasteiger partial charge in [-0.05, 0) is 40.0 Å². The van der Waals surface area contributed by atoms with Gasteiger partial charge in [0.1, 0.15) is 13.2 Å². The molecule has 178 valence electrons. The lowest BCUT2D eigenvalue weighted by Gasteiger charge is -2.49. The number of rotatable bonds is 11. The Labute approximate surface area is 177 Å². The zero-order chi connectivity index (χ0) is 24.0. The third-order valence-corrected chi connectivity index (χ3v) is 5.73. The fourth-order valence-corrected chi connectivity index (χ4v) is 4.10. The number of hydrogen-bond donors (Lipinski definition) is 0. The molecule has 15 nitrogen and oxygen atoms in total. The zero-order valence-electron chi connectivity index (χ0n) is 18.0. The predicted molar refractivity (Wildman–Crippen MR) is 100 cm³/mol. The Bertz CT molecular complexity index is 684. The van der Waals surface area contributed by atoms with Crippen LogP contribution < -0.4 is 0 Å². The molecule has 31 heavy (non-hydrogen) atoms. The summed E-state index contributed by atoms with van der Waals surface area (Å²) in [7, 11) is 0. The van der Waals surface area contributed by atoms with Crippen molar-refractivity contribution in [3.8, 4) is 0 Å². The molecule has 0 bridgehead atoms. The molecule has 1 rings (SSSR count). The molecule has 0 aliphatic carbocycles. The van der Waals surface area contributed by atoms with Crippen LogP contribution in [0.1, 0.15) is 47.5 Å². The van der Waals surface area contributed by atoms with Gasteiger partial charge in [0, 0.05) is 18.3 Å². The lowest BCUT2D eigenvalue weighted by molar-refractivity contribution is -0.764. The highest BCUT2D eigenvalue weighted by atomic mass is 17.0. The molecule has 0 aromatic carbocycles. The summed E-state index contributed by atoms with van der Waals surface area (Å²) in [5.41, 5.74) is -2.20. The topological polar surface area (TPSA) is 187 Å². The van der Waals surface area contributed by atoms with E-state index < -0.39 is 69.9 Å². The summed E-state index contributed by atoms with van der Waals surface area (Å²) in [6.07, 6.45) is 0.118. The Hall–Kier alpha value is -2.97. The quantitative estimate of drug-likeness (QED) is 0.326. The van der Waals surface area contributed by atoms with Crippen LogP contribution in [0.4, 0.5) is 0 Å². The Morgan fingerprint density at radius 3 is 1.87 bits per heavy atom. The summed E-state index contributed by atoms with van der Waals surface area (Å²) in [5.74, 6) is -2.76. The Kier molecular flexibility index (Phi) is 8.72. The Morgan fingerprint density at radius 2 is 1.39 bits per heavy atom. The summed E-state index contributed by atoms with van der Waals surface area (Å²) in [6, 6.07) is 0. The average Bonchev–Trinajstić information content (AvgIpc) is 2.69. The minimum Gasteiger partial charge on any atom is -0.367 e. The molecule has 1 heterocycles. The van der Waals surface area contributed by atoms with Crippen LogP contribution >= 0.6 is 0 Å². The van der Waals surface area contributed by atoms with Crippen molar-refractivity contribution in [3.63, 3.8) is 0 Å². The first kappa shape index (κ1) is 26.1. The summed E-state index contributed by atoms with van der Waals surface area (Å²) in [4.78, 5) is 63.8. The minimum atomic E-state index is -1.14. The van der Waals surface area contributed by atoms with Crippen LogP contribution in [0.2, 0.25) is 0 Å². The monoisotopic (exact) mass is 452 g/mol. The van der Waals surface area contributed by atoms with E-state index in [1.165, 1.54) is 5.06 Å². The second-order valence-corrected chi connectivity index (χ2v) is 8.28.